The summed E-state index contributed by atoms with van der Waals surface area (Å²) in [7, 11) is -7.67. The average molecular weight is 483 g/mol. The zero-order valence-electron chi connectivity index (χ0n) is 13.8. The summed E-state index contributed by atoms with van der Waals surface area (Å²) in [5.74, 6) is -28.8. The van der Waals surface area contributed by atoms with Gasteiger partial charge in [-0.25, -0.2) is 8.42 Å². The van der Waals surface area contributed by atoms with Crippen LogP contribution in [0.25, 0.3) is 0 Å². The van der Waals surface area contributed by atoms with Crippen LogP contribution in [0, 0.1) is 0 Å². The second-order valence-corrected chi connectivity index (χ2v) is 7.35. The molecule has 176 valence electrons. The lowest BCUT2D eigenvalue weighted by Gasteiger charge is -2.39. The summed E-state index contributed by atoms with van der Waals surface area (Å²) < 4.78 is 197. The highest BCUT2D eigenvalue weighted by atomic mass is 32.2. The molecular formula is C12H12F13O3S-. The lowest BCUT2D eigenvalue weighted by atomic mass is 9.94. The predicted octanol–water partition coefficient (Wildman–Crippen LogP) is 5.57. The van der Waals surface area contributed by atoms with Crippen molar-refractivity contribution in [3.63, 3.8) is 0 Å². The molecule has 0 radical (unpaired) electrons. The van der Waals surface area contributed by atoms with Crippen molar-refractivity contribution in [1.29, 1.82) is 0 Å². The Labute approximate surface area is 155 Å². The summed E-state index contributed by atoms with van der Waals surface area (Å²) in [5.41, 5.74) is 0. The summed E-state index contributed by atoms with van der Waals surface area (Å²) >= 11 is 0. The number of alkyl halides is 13. The van der Waals surface area contributed by atoms with Crippen LogP contribution < -0.4 is 0 Å². The van der Waals surface area contributed by atoms with Crippen molar-refractivity contribution < 1.29 is 70.0 Å². The van der Waals surface area contributed by atoms with Gasteiger partial charge in [0.25, 0.3) is 0 Å². The molecular weight excluding hydrogens is 471 g/mol. The number of unbranched alkanes of at least 4 members (excludes halogenated alkanes) is 3. The third kappa shape index (κ3) is 5.58. The highest BCUT2D eigenvalue weighted by Gasteiger charge is 2.87. The molecule has 0 saturated carbocycles. The van der Waals surface area contributed by atoms with Gasteiger partial charge in [0, 0.05) is 12.8 Å². The second kappa shape index (κ2) is 8.26. The normalized spacial score (nSPS) is 15.7. The van der Waals surface area contributed by atoms with Gasteiger partial charge in [0.1, 0.15) is 0 Å². The van der Waals surface area contributed by atoms with Crippen LogP contribution in [-0.2, 0) is 10.1 Å². The van der Waals surface area contributed by atoms with Gasteiger partial charge in [-0.2, -0.15) is 57.1 Å². The van der Waals surface area contributed by atoms with Crippen LogP contribution in [0.15, 0.2) is 0 Å². The summed E-state index contributed by atoms with van der Waals surface area (Å²) in [6, 6.07) is 0. The Hall–Kier alpha value is -1.00. The third-order valence-corrected chi connectivity index (χ3v) is 4.51. The molecule has 0 aromatic heterocycles. The van der Waals surface area contributed by atoms with Gasteiger partial charge < -0.3 is 4.55 Å². The zero-order chi connectivity index (χ0) is 23.7. The van der Waals surface area contributed by atoms with Gasteiger partial charge in [-0.3, -0.25) is 0 Å². The minimum atomic E-state index is -7.72. The van der Waals surface area contributed by atoms with Crippen LogP contribution in [0.3, 0.4) is 0 Å². The molecule has 0 aromatic carbocycles. The van der Waals surface area contributed by atoms with E-state index in [0.717, 1.165) is 0 Å². The van der Waals surface area contributed by atoms with Crippen LogP contribution in [0.2, 0.25) is 0 Å². The molecule has 0 rings (SSSR count). The van der Waals surface area contributed by atoms with E-state index in [4.69, 9.17) is 0 Å². The van der Waals surface area contributed by atoms with Gasteiger partial charge in [-0.15, -0.1) is 0 Å². The molecule has 0 aromatic rings. The first-order valence-electron chi connectivity index (χ1n) is 7.37. The van der Waals surface area contributed by atoms with Gasteiger partial charge in [0.15, 0.2) is 10.1 Å². The molecule has 0 aliphatic carbocycles. The van der Waals surface area contributed by atoms with E-state index in [-0.39, 0.29) is 0 Å². The summed E-state index contributed by atoms with van der Waals surface area (Å²) in [6.45, 7) is 0. The van der Waals surface area contributed by atoms with Crippen molar-refractivity contribution in [2.45, 2.75) is 73.6 Å². The first-order valence-corrected chi connectivity index (χ1v) is 8.78. The van der Waals surface area contributed by atoms with Crippen LogP contribution in [-0.4, -0.2) is 48.1 Å². The van der Waals surface area contributed by atoms with Gasteiger partial charge >= 0.3 is 35.1 Å². The maximum Gasteiger partial charge on any atom is 0.402 e. The molecule has 0 amide bonds. The van der Waals surface area contributed by atoms with Gasteiger partial charge in [0.05, 0.1) is 0 Å². The van der Waals surface area contributed by atoms with E-state index in [0.29, 0.717) is 0 Å². The Morgan fingerprint density at radius 1 is 0.552 bits per heavy atom. The number of hydrogen-bond donors (Lipinski definition) is 0. The summed E-state index contributed by atoms with van der Waals surface area (Å²) in [4.78, 5) is 0. The van der Waals surface area contributed by atoms with Crippen molar-refractivity contribution in [1.82, 2.24) is 0 Å². The fourth-order valence-corrected chi connectivity index (χ4v) is 2.39. The largest absolute Gasteiger partial charge is 0.743 e. The molecule has 17 heteroatoms. The average Bonchev–Trinajstić information content (AvgIpc) is 2.47. The standard InChI is InChI=1S/C12H13F13O3S/c13-7(14,5-3-1-2-4-6-8(15,16)17)9(18,19)10(20,21)11(22,23)12(24,25)29(26,27)28/h1-6H2,(H,26,27,28)/p-1. The first-order chi connectivity index (χ1) is 12.5. The highest BCUT2D eigenvalue weighted by molar-refractivity contribution is 7.86. The van der Waals surface area contributed by atoms with Crippen LogP contribution in [0.4, 0.5) is 57.1 Å². The minimum absolute atomic E-state index is 0.486. The summed E-state index contributed by atoms with van der Waals surface area (Å²) in [6.07, 6.45) is -11.3. The molecule has 3 nitrogen and oxygen atoms in total. The molecule has 0 spiro atoms. The molecule has 29 heavy (non-hydrogen) atoms. The van der Waals surface area contributed by atoms with Crippen molar-refractivity contribution >= 4 is 10.1 Å². The fourth-order valence-electron chi connectivity index (χ4n) is 1.95. The van der Waals surface area contributed by atoms with E-state index in [1.165, 1.54) is 0 Å². The van der Waals surface area contributed by atoms with E-state index in [1.807, 2.05) is 0 Å². The SMILES string of the molecule is O=S(=O)([O-])C(F)(F)C(F)(F)C(F)(F)C(F)(F)C(F)(F)CCCCCCC(F)(F)F. The Morgan fingerprint density at radius 2 is 0.931 bits per heavy atom. The topological polar surface area (TPSA) is 57.2 Å². The Kier molecular flexibility index (Phi) is 7.98. The monoisotopic (exact) mass is 483 g/mol. The Morgan fingerprint density at radius 3 is 1.28 bits per heavy atom. The molecule has 0 saturated heterocycles. The van der Waals surface area contributed by atoms with E-state index >= 15 is 0 Å². The molecule has 0 atom stereocenters. The molecule has 0 unspecified atom stereocenters. The maximum atomic E-state index is 13.4. The first kappa shape index (κ1) is 28.0. The Bertz CT molecular complexity index is 654. The van der Waals surface area contributed by atoms with Crippen molar-refractivity contribution in [2.75, 3.05) is 0 Å². The van der Waals surface area contributed by atoms with Crippen LogP contribution >= 0.6 is 0 Å². The second-order valence-electron chi connectivity index (χ2n) is 5.93. The lowest BCUT2D eigenvalue weighted by molar-refractivity contribution is -0.390. The fraction of sp³-hybridized carbons (Fsp3) is 1.00. The predicted molar refractivity (Wildman–Crippen MR) is 68.2 cm³/mol. The molecule has 0 bridgehead atoms. The molecule has 0 aliphatic heterocycles. The van der Waals surface area contributed by atoms with Crippen LogP contribution in [0.5, 0.6) is 0 Å². The van der Waals surface area contributed by atoms with E-state index < -0.39 is 83.8 Å². The van der Waals surface area contributed by atoms with Crippen LogP contribution in [0.1, 0.15) is 38.5 Å². The number of hydrogen-bond acceptors (Lipinski definition) is 3. The van der Waals surface area contributed by atoms with Crippen molar-refractivity contribution in [3.8, 4) is 0 Å². The quantitative estimate of drug-likeness (QED) is 0.220. The molecule has 0 N–H and O–H groups in total. The van der Waals surface area contributed by atoms with Gasteiger partial charge in [-0.05, 0) is 12.8 Å². The lowest BCUT2D eigenvalue weighted by Crippen LogP contribution is -2.68. The highest BCUT2D eigenvalue weighted by Crippen LogP contribution is 2.58. The number of rotatable bonds is 11. The minimum Gasteiger partial charge on any atom is -0.743 e. The van der Waals surface area contributed by atoms with Gasteiger partial charge in [0.2, 0.25) is 0 Å². The van der Waals surface area contributed by atoms with E-state index in [1.54, 1.807) is 0 Å². The molecule has 0 fully saturated rings. The van der Waals surface area contributed by atoms with Crippen molar-refractivity contribution in [3.05, 3.63) is 0 Å². The summed E-state index contributed by atoms with van der Waals surface area (Å²) in [5, 5.41) is -7.36. The zero-order valence-corrected chi connectivity index (χ0v) is 14.6. The van der Waals surface area contributed by atoms with Gasteiger partial charge in [-0.1, -0.05) is 12.8 Å². The maximum absolute atomic E-state index is 13.4. The molecule has 0 heterocycles. The third-order valence-electron chi connectivity index (χ3n) is 3.63. The van der Waals surface area contributed by atoms with E-state index in [2.05, 4.69) is 0 Å². The molecule has 0 aliphatic rings. The van der Waals surface area contributed by atoms with E-state index in [9.17, 15) is 70.0 Å². The number of halogens is 13. The smallest absolute Gasteiger partial charge is 0.402 e. The van der Waals surface area contributed by atoms with Crippen molar-refractivity contribution in [2.24, 2.45) is 0 Å². The Balaban J connectivity index is 5.40.